The molecule has 0 N–H and O–H groups in total. The molecule has 1 fully saturated rings. The molecule has 1 amide bonds. The Kier molecular flexibility index (Phi) is 5.03. The molecule has 0 spiro atoms. The van der Waals surface area contributed by atoms with Crippen molar-refractivity contribution in [2.45, 2.75) is 17.6 Å². The number of benzene rings is 1. The van der Waals surface area contributed by atoms with Gasteiger partial charge in [0.2, 0.25) is 0 Å². The minimum absolute atomic E-state index is 0.120. The van der Waals surface area contributed by atoms with Gasteiger partial charge >= 0.3 is 0 Å². The van der Waals surface area contributed by atoms with Gasteiger partial charge in [-0.15, -0.1) is 11.8 Å². The van der Waals surface area contributed by atoms with Gasteiger partial charge in [-0.25, -0.2) is 0 Å². The number of nitrogens with zero attached hydrogens (tertiary/aromatic N) is 3. The van der Waals surface area contributed by atoms with Crippen LogP contribution in [0.3, 0.4) is 0 Å². The van der Waals surface area contributed by atoms with Crippen LogP contribution in [0, 0.1) is 6.92 Å². The fourth-order valence-electron chi connectivity index (χ4n) is 2.58. The Balaban J connectivity index is 1.71. The minimum Gasteiger partial charge on any atom is -0.360 e. The van der Waals surface area contributed by atoms with E-state index >= 15 is 0 Å². The van der Waals surface area contributed by atoms with E-state index in [1.807, 2.05) is 42.2 Å². The third-order valence-corrected chi connectivity index (χ3v) is 5.05. The summed E-state index contributed by atoms with van der Waals surface area (Å²) in [6.07, 6.45) is 0. The molecule has 0 unspecified atom stereocenters. The fraction of sp³-hybridized carbons (Fsp3) is 0.412. The second kappa shape index (κ2) is 7.19. The molecule has 1 aromatic heterocycles. The molecule has 2 heterocycles. The summed E-state index contributed by atoms with van der Waals surface area (Å²) in [7, 11) is 2.09. The number of thioether (sulfide) groups is 1. The number of hydrogen-bond acceptors (Lipinski definition) is 5. The normalized spacial score (nSPS) is 15.8. The van der Waals surface area contributed by atoms with E-state index in [4.69, 9.17) is 4.52 Å². The van der Waals surface area contributed by atoms with Crippen molar-refractivity contribution in [3.63, 3.8) is 0 Å². The van der Waals surface area contributed by atoms with Crippen molar-refractivity contribution in [3.8, 4) is 0 Å². The zero-order chi connectivity index (χ0) is 16.2. The van der Waals surface area contributed by atoms with E-state index in [9.17, 15) is 4.79 Å². The van der Waals surface area contributed by atoms with Crippen molar-refractivity contribution >= 4 is 17.7 Å². The van der Waals surface area contributed by atoms with Gasteiger partial charge in [0.25, 0.3) is 5.91 Å². The predicted octanol–water partition coefficient (Wildman–Crippen LogP) is 2.66. The Hall–Kier alpha value is -1.79. The lowest BCUT2D eigenvalue weighted by molar-refractivity contribution is 0.0660. The number of carbonyl (C=O) groups excluding carboxylic acids is 1. The van der Waals surface area contributed by atoms with Gasteiger partial charge in [0.1, 0.15) is 5.76 Å². The molecule has 0 bridgehead atoms. The smallest absolute Gasteiger partial charge is 0.255 e. The predicted molar refractivity (Wildman–Crippen MR) is 90.6 cm³/mol. The molecule has 0 aliphatic carbocycles. The van der Waals surface area contributed by atoms with Crippen molar-refractivity contribution in [1.82, 2.24) is 15.0 Å². The zero-order valence-corrected chi connectivity index (χ0v) is 14.3. The highest BCUT2D eigenvalue weighted by atomic mass is 32.2. The van der Waals surface area contributed by atoms with Gasteiger partial charge in [-0.05, 0) is 26.1 Å². The van der Waals surface area contributed by atoms with Gasteiger partial charge in [-0.3, -0.25) is 4.79 Å². The van der Waals surface area contributed by atoms with Crippen molar-refractivity contribution in [3.05, 3.63) is 47.3 Å². The van der Waals surface area contributed by atoms with Gasteiger partial charge in [0.05, 0.1) is 17.0 Å². The van der Waals surface area contributed by atoms with E-state index in [-0.39, 0.29) is 5.91 Å². The molecule has 1 aliphatic heterocycles. The summed E-state index contributed by atoms with van der Waals surface area (Å²) in [6.45, 7) is 5.34. The van der Waals surface area contributed by atoms with E-state index in [1.54, 1.807) is 11.8 Å². The van der Waals surface area contributed by atoms with Crippen LogP contribution in [-0.4, -0.2) is 54.1 Å². The van der Waals surface area contributed by atoms with Gasteiger partial charge in [0, 0.05) is 37.1 Å². The molecule has 0 saturated carbocycles. The third-order valence-electron chi connectivity index (χ3n) is 3.95. The molecule has 2 aromatic rings. The summed E-state index contributed by atoms with van der Waals surface area (Å²) in [4.78, 5) is 18.0. The van der Waals surface area contributed by atoms with Crippen molar-refractivity contribution in [2.24, 2.45) is 0 Å². The number of likely N-dealkylation sites (N-methyl/N-ethyl adjacent to an activating group) is 1. The van der Waals surface area contributed by atoms with Crippen LogP contribution in [0.5, 0.6) is 0 Å². The number of amides is 1. The van der Waals surface area contributed by atoms with E-state index in [1.165, 1.54) is 0 Å². The Morgan fingerprint density at radius 1 is 1.26 bits per heavy atom. The van der Waals surface area contributed by atoms with Crippen LogP contribution in [0.25, 0.3) is 0 Å². The molecule has 0 atom stereocenters. The standard InChI is InChI=1S/C17H21N3O2S/c1-13-11-14(22-18-13)12-23-16-6-4-3-5-15(16)17(21)20-9-7-19(2)8-10-20/h3-6,11H,7-10,12H2,1-2H3. The average molecular weight is 331 g/mol. The first-order chi connectivity index (χ1) is 11.1. The number of hydrogen-bond donors (Lipinski definition) is 0. The summed E-state index contributed by atoms with van der Waals surface area (Å²) in [5.74, 6) is 1.62. The molecule has 122 valence electrons. The molecule has 0 radical (unpaired) electrons. The highest BCUT2D eigenvalue weighted by Gasteiger charge is 2.22. The molecule has 3 rings (SSSR count). The number of aryl methyl sites for hydroxylation is 1. The topological polar surface area (TPSA) is 49.6 Å². The first-order valence-electron chi connectivity index (χ1n) is 7.75. The Bertz CT molecular complexity index is 678. The van der Waals surface area contributed by atoms with E-state index in [2.05, 4.69) is 17.1 Å². The second-order valence-corrected chi connectivity index (χ2v) is 6.83. The highest BCUT2D eigenvalue weighted by molar-refractivity contribution is 7.98. The lowest BCUT2D eigenvalue weighted by Gasteiger charge is -2.32. The molecule has 23 heavy (non-hydrogen) atoms. The Morgan fingerprint density at radius 2 is 2.00 bits per heavy atom. The Morgan fingerprint density at radius 3 is 2.70 bits per heavy atom. The van der Waals surface area contributed by atoms with Crippen LogP contribution < -0.4 is 0 Å². The van der Waals surface area contributed by atoms with Crippen LogP contribution in [0.2, 0.25) is 0 Å². The molecule has 5 nitrogen and oxygen atoms in total. The number of rotatable bonds is 4. The monoisotopic (exact) mass is 331 g/mol. The highest BCUT2D eigenvalue weighted by Crippen LogP contribution is 2.27. The van der Waals surface area contributed by atoms with Crippen LogP contribution >= 0.6 is 11.8 Å². The summed E-state index contributed by atoms with van der Waals surface area (Å²) in [5.41, 5.74) is 1.65. The van der Waals surface area contributed by atoms with Crippen LogP contribution in [0.1, 0.15) is 21.8 Å². The molecular weight excluding hydrogens is 310 g/mol. The first kappa shape index (κ1) is 16.1. The zero-order valence-electron chi connectivity index (χ0n) is 13.5. The van der Waals surface area contributed by atoms with Crippen molar-refractivity contribution in [2.75, 3.05) is 33.2 Å². The maximum atomic E-state index is 12.8. The third kappa shape index (κ3) is 3.95. The maximum absolute atomic E-state index is 12.8. The minimum atomic E-state index is 0.120. The van der Waals surface area contributed by atoms with E-state index in [0.29, 0.717) is 5.75 Å². The quantitative estimate of drug-likeness (QED) is 0.806. The second-order valence-electron chi connectivity index (χ2n) is 5.81. The lowest BCUT2D eigenvalue weighted by atomic mass is 10.2. The van der Waals surface area contributed by atoms with E-state index in [0.717, 1.165) is 48.1 Å². The first-order valence-corrected chi connectivity index (χ1v) is 8.74. The van der Waals surface area contributed by atoms with Gasteiger partial charge < -0.3 is 14.3 Å². The summed E-state index contributed by atoms with van der Waals surface area (Å²) < 4.78 is 5.24. The molecule has 1 aromatic carbocycles. The number of aromatic nitrogens is 1. The summed E-state index contributed by atoms with van der Waals surface area (Å²) in [5, 5.41) is 3.90. The molecule has 1 aliphatic rings. The fourth-order valence-corrected chi connectivity index (χ4v) is 3.50. The number of carbonyl (C=O) groups is 1. The summed E-state index contributed by atoms with van der Waals surface area (Å²) in [6, 6.07) is 9.73. The largest absolute Gasteiger partial charge is 0.360 e. The molecular formula is C17H21N3O2S. The number of piperazine rings is 1. The van der Waals surface area contributed by atoms with Gasteiger partial charge in [0.15, 0.2) is 0 Å². The lowest BCUT2D eigenvalue weighted by Crippen LogP contribution is -2.47. The van der Waals surface area contributed by atoms with Crippen LogP contribution in [0.4, 0.5) is 0 Å². The Labute approximate surface area is 140 Å². The molecule has 1 saturated heterocycles. The average Bonchev–Trinajstić information content (AvgIpc) is 2.99. The van der Waals surface area contributed by atoms with E-state index < -0.39 is 0 Å². The van der Waals surface area contributed by atoms with Gasteiger partial charge in [-0.2, -0.15) is 0 Å². The van der Waals surface area contributed by atoms with Gasteiger partial charge in [-0.1, -0.05) is 17.3 Å². The van der Waals surface area contributed by atoms with Crippen molar-refractivity contribution < 1.29 is 9.32 Å². The SMILES string of the molecule is Cc1cc(CSc2ccccc2C(=O)N2CCN(C)CC2)on1. The molecule has 6 heteroatoms. The van der Waals surface area contributed by atoms with Crippen LogP contribution in [0.15, 0.2) is 39.8 Å². The van der Waals surface area contributed by atoms with Crippen LogP contribution in [-0.2, 0) is 5.75 Å². The summed E-state index contributed by atoms with van der Waals surface area (Å²) >= 11 is 1.61. The maximum Gasteiger partial charge on any atom is 0.255 e. The van der Waals surface area contributed by atoms with Crippen molar-refractivity contribution in [1.29, 1.82) is 0 Å².